The number of nitrogens with zero attached hydrogens (tertiary/aromatic N) is 3. The molecule has 1 aromatic carbocycles. The molecule has 0 amide bonds. The number of nitrogens with two attached hydrogens (primary N) is 1. The van der Waals surface area contributed by atoms with E-state index in [1.807, 2.05) is 0 Å². The Kier molecular flexibility index (Phi) is 4.31. The summed E-state index contributed by atoms with van der Waals surface area (Å²) in [4.78, 5) is 12.4. The summed E-state index contributed by atoms with van der Waals surface area (Å²) in [6.45, 7) is 0. The molecule has 0 aliphatic carbocycles. The molecule has 1 heterocycles. The Labute approximate surface area is 119 Å². The van der Waals surface area contributed by atoms with Gasteiger partial charge in [0.1, 0.15) is 30.9 Å². The smallest absolute Gasteiger partial charge is 0.148 e. The molecule has 0 atom stereocenters. The predicted octanol–water partition coefficient (Wildman–Crippen LogP) is 2.58. The van der Waals surface area contributed by atoms with E-state index >= 15 is 0 Å². The van der Waals surface area contributed by atoms with E-state index in [9.17, 15) is 4.39 Å². The second-order valence-electron chi connectivity index (χ2n) is 3.69. The van der Waals surface area contributed by atoms with Gasteiger partial charge >= 0.3 is 0 Å². The van der Waals surface area contributed by atoms with Crippen LogP contribution in [0.25, 0.3) is 0 Å². The van der Waals surface area contributed by atoms with Gasteiger partial charge in [-0.1, -0.05) is 16.8 Å². The molecule has 0 aliphatic heterocycles. The number of benzene rings is 1. The average Bonchev–Trinajstić information content (AvgIpc) is 2.41. The predicted molar refractivity (Wildman–Crippen MR) is 75.7 cm³/mol. The zero-order chi connectivity index (χ0) is 14.5. The van der Waals surface area contributed by atoms with Gasteiger partial charge in [-0.3, -0.25) is 0 Å². The number of oxime groups is 1. The van der Waals surface area contributed by atoms with Crippen molar-refractivity contribution >= 4 is 35.1 Å². The van der Waals surface area contributed by atoms with Crippen molar-refractivity contribution < 1.29 is 9.23 Å². The Morgan fingerprint density at radius 2 is 2.25 bits per heavy atom. The van der Waals surface area contributed by atoms with Gasteiger partial charge in [-0.15, -0.1) is 0 Å². The number of halogens is 2. The van der Waals surface area contributed by atoms with Gasteiger partial charge in [0.2, 0.25) is 0 Å². The van der Waals surface area contributed by atoms with E-state index in [2.05, 4.69) is 25.3 Å². The summed E-state index contributed by atoms with van der Waals surface area (Å²) in [5.41, 5.74) is 6.33. The molecular formula is C12H11ClFN5O. The lowest BCUT2D eigenvalue weighted by atomic mass is 10.2. The molecule has 0 aliphatic rings. The van der Waals surface area contributed by atoms with Crippen LogP contribution in [0.3, 0.4) is 0 Å². The molecule has 3 N–H and O–H groups in total. The molecule has 0 radical (unpaired) electrons. The monoisotopic (exact) mass is 295 g/mol. The van der Waals surface area contributed by atoms with Crippen LogP contribution >= 0.6 is 11.6 Å². The SMILES string of the molecule is CON=Cc1c(N)ncnc1Nc1ccc(Cl)cc1F. The molecule has 0 saturated heterocycles. The van der Waals surface area contributed by atoms with E-state index in [0.29, 0.717) is 16.4 Å². The van der Waals surface area contributed by atoms with Crippen LogP contribution in [0.15, 0.2) is 29.7 Å². The van der Waals surface area contributed by atoms with E-state index in [-0.39, 0.29) is 11.5 Å². The number of nitrogens with one attached hydrogen (secondary N) is 1. The first-order chi connectivity index (χ1) is 9.61. The van der Waals surface area contributed by atoms with E-state index in [0.717, 1.165) is 0 Å². The van der Waals surface area contributed by atoms with Crippen LogP contribution in [-0.4, -0.2) is 23.3 Å². The molecule has 0 fully saturated rings. The summed E-state index contributed by atoms with van der Waals surface area (Å²) >= 11 is 5.69. The number of nitrogen functional groups attached to an aromatic ring is 1. The minimum Gasteiger partial charge on any atom is -0.399 e. The van der Waals surface area contributed by atoms with Gasteiger partial charge < -0.3 is 15.9 Å². The fourth-order valence-corrected chi connectivity index (χ4v) is 1.62. The zero-order valence-corrected chi connectivity index (χ0v) is 11.2. The number of aromatic nitrogens is 2. The lowest BCUT2D eigenvalue weighted by molar-refractivity contribution is 0.215. The first-order valence-corrected chi connectivity index (χ1v) is 5.88. The van der Waals surface area contributed by atoms with Crippen molar-refractivity contribution in [3.05, 3.63) is 40.9 Å². The molecule has 2 rings (SSSR count). The fourth-order valence-electron chi connectivity index (χ4n) is 1.46. The Hall–Kier alpha value is -2.41. The van der Waals surface area contributed by atoms with Crippen molar-refractivity contribution in [2.45, 2.75) is 0 Å². The Morgan fingerprint density at radius 3 is 2.95 bits per heavy atom. The lowest BCUT2D eigenvalue weighted by Gasteiger charge is -2.10. The highest BCUT2D eigenvalue weighted by Gasteiger charge is 2.10. The summed E-state index contributed by atoms with van der Waals surface area (Å²) in [5, 5.41) is 6.71. The first kappa shape index (κ1) is 14.0. The maximum Gasteiger partial charge on any atom is 0.148 e. The third kappa shape index (κ3) is 3.12. The van der Waals surface area contributed by atoms with Gasteiger partial charge in [0.05, 0.1) is 17.5 Å². The van der Waals surface area contributed by atoms with Crippen molar-refractivity contribution in [2.75, 3.05) is 18.2 Å². The van der Waals surface area contributed by atoms with E-state index in [1.165, 1.54) is 31.8 Å². The normalized spacial score (nSPS) is 10.8. The summed E-state index contributed by atoms with van der Waals surface area (Å²) in [7, 11) is 1.39. The van der Waals surface area contributed by atoms with Crippen LogP contribution in [0, 0.1) is 5.82 Å². The highest BCUT2D eigenvalue weighted by molar-refractivity contribution is 6.30. The topological polar surface area (TPSA) is 85.4 Å². The van der Waals surface area contributed by atoms with Gasteiger partial charge in [0.15, 0.2) is 0 Å². The quantitative estimate of drug-likeness (QED) is 0.669. The molecule has 104 valence electrons. The summed E-state index contributed by atoms with van der Waals surface area (Å²) < 4.78 is 13.7. The van der Waals surface area contributed by atoms with Crippen molar-refractivity contribution in [1.82, 2.24) is 9.97 Å². The van der Waals surface area contributed by atoms with Gasteiger partial charge in [0, 0.05) is 5.02 Å². The lowest BCUT2D eigenvalue weighted by Crippen LogP contribution is -2.05. The second kappa shape index (κ2) is 6.16. The van der Waals surface area contributed by atoms with Crippen LogP contribution in [0.1, 0.15) is 5.56 Å². The molecule has 0 unspecified atom stereocenters. The van der Waals surface area contributed by atoms with E-state index < -0.39 is 5.82 Å². The molecule has 0 saturated carbocycles. The zero-order valence-electron chi connectivity index (χ0n) is 10.5. The van der Waals surface area contributed by atoms with Crippen LogP contribution in [0.4, 0.5) is 21.7 Å². The largest absolute Gasteiger partial charge is 0.399 e. The average molecular weight is 296 g/mol. The Balaban J connectivity index is 2.38. The van der Waals surface area contributed by atoms with Crippen LogP contribution < -0.4 is 11.1 Å². The Morgan fingerprint density at radius 1 is 1.45 bits per heavy atom. The summed E-state index contributed by atoms with van der Waals surface area (Å²) in [6, 6.07) is 4.24. The molecule has 2 aromatic rings. The highest BCUT2D eigenvalue weighted by Crippen LogP contribution is 2.24. The van der Waals surface area contributed by atoms with Crippen molar-refractivity contribution in [1.29, 1.82) is 0 Å². The standard InChI is InChI=1S/C12H11ClFN5O/c1-20-18-5-8-11(15)16-6-17-12(8)19-10-3-2-7(13)4-9(10)14/h2-6H,1H3,(H3,15,16,17,19). The molecule has 20 heavy (non-hydrogen) atoms. The van der Waals surface area contributed by atoms with E-state index in [4.69, 9.17) is 17.3 Å². The highest BCUT2D eigenvalue weighted by atomic mass is 35.5. The molecular weight excluding hydrogens is 285 g/mol. The maximum atomic E-state index is 13.7. The molecule has 1 aromatic heterocycles. The van der Waals surface area contributed by atoms with Crippen molar-refractivity contribution in [3.8, 4) is 0 Å². The summed E-state index contributed by atoms with van der Waals surface area (Å²) in [6.07, 6.45) is 2.60. The minimum absolute atomic E-state index is 0.192. The van der Waals surface area contributed by atoms with Gasteiger partial charge in [0.25, 0.3) is 0 Å². The van der Waals surface area contributed by atoms with E-state index in [1.54, 1.807) is 6.07 Å². The molecule has 0 spiro atoms. The third-order valence-electron chi connectivity index (χ3n) is 2.39. The Bertz CT molecular complexity index is 650. The fraction of sp³-hybridized carbons (Fsp3) is 0.0833. The number of hydrogen-bond acceptors (Lipinski definition) is 6. The summed E-state index contributed by atoms with van der Waals surface area (Å²) in [5.74, 6) is -0.0125. The van der Waals surface area contributed by atoms with Crippen LogP contribution in [0.5, 0.6) is 0 Å². The number of anilines is 3. The molecule has 0 bridgehead atoms. The third-order valence-corrected chi connectivity index (χ3v) is 2.62. The first-order valence-electron chi connectivity index (χ1n) is 5.51. The molecule has 8 heteroatoms. The van der Waals surface area contributed by atoms with Gasteiger partial charge in [-0.05, 0) is 18.2 Å². The molecule has 6 nitrogen and oxygen atoms in total. The van der Waals surface area contributed by atoms with Crippen molar-refractivity contribution in [3.63, 3.8) is 0 Å². The number of hydrogen-bond donors (Lipinski definition) is 2. The minimum atomic E-state index is -0.510. The van der Waals surface area contributed by atoms with Crippen LogP contribution in [0.2, 0.25) is 5.02 Å². The van der Waals surface area contributed by atoms with Gasteiger partial charge in [-0.2, -0.15) is 0 Å². The second-order valence-corrected chi connectivity index (χ2v) is 4.12. The number of rotatable bonds is 4. The van der Waals surface area contributed by atoms with Crippen LogP contribution in [-0.2, 0) is 4.84 Å². The van der Waals surface area contributed by atoms with Crippen molar-refractivity contribution in [2.24, 2.45) is 5.16 Å². The van der Waals surface area contributed by atoms with Gasteiger partial charge in [-0.25, -0.2) is 14.4 Å². The maximum absolute atomic E-state index is 13.7.